The summed E-state index contributed by atoms with van der Waals surface area (Å²) in [6, 6.07) is 7.98. The molecule has 4 rings (SSSR count). The minimum atomic E-state index is -0.772. The van der Waals surface area contributed by atoms with Crippen molar-refractivity contribution in [3.63, 3.8) is 0 Å². The molecular formula is C17H14N2O3S2. The highest BCUT2D eigenvalue weighted by Crippen LogP contribution is 2.34. The molecule has 2 aliphatic rings. The fourth-order valence-corrected chi connectivity index (χ4v) is 5.06. The Morgan fingerprint density at radius 1 is 1.04 bits per heavy atom. The van der Waals surface area contributed by atoms with Crippen LogP contribution < -0.4 is 5.32 Å². The molecular weight excluding hydrogens is 344 g/mol. The summed E-state index contributed by atoms with van der Waals surface area (Å²) in [5.74, 6) is -0.636. The lowest BCUT2D eigenvalue weighted by molar-refractivity contribution is -0.124. The van der Waals surface area contributed by atoms with Gasteiger partial charge >= 0.3 is 0 Å². The van der Waals surface area contributed by atoms with Gasteiger partial charge in [-0.15, -0.1) is 11.8 Å². The number of thiophene rings is 1. The molecule has 1 N–H and O–H groups in total. The van der Waals surface area contributed by atoms with E-state index in [1.807, 2.05) is 11.4 Å². The first-order chi connectivity index (χ1) is 11.7. The molecule has 0 aliphatic carbocycles. The van der Waals surface area contributed by atoms with Gasteiger partial charge in [0.1, 0.15) is 6.04 Å². The average Bonchev–Trinajstić information content (AvgIpc) is 3.16. The van der Waals surface area contributed by atoms with Gasteiger partial charge in [0, 0.05) is 17.5 Å². The summed E-state index contributed by atoms with van der Waals surface area (Å²) in [5, 5.41) is 7.08. The number of fused-ring (bicyclic) bond motifs is 1. The second-order valence-corrected chi connectivity index (χ2v) is 7.68. The van der Waals surface area contributed by atoms with Crippen LogP contribution in [0.4, 0.5) is 0 Å². The molecule has 7 heteroatoms. The molecule has 1 aromatic heterocycles. The van der Waals surface area contributed by atoms with Crippen LogP contribution in [-0.4, -0.2) is 41.0 Å². The number of rotatable bonds is 2. The number of thioether (sulfide) groups is 1. The van der Waals surface area contributed by atoms with Crippen molar-refractivity contribution in [1.29, 1.82) is 0 Å². The average molecular weight is 358 g/mol. The fourth-order valence-electron chi connectivity index (χ4n) is 3.01. The van der Waals surface area contributed by atoms with Crippen LogP contribution in [0.25, 0.3) is 0 Å². The molecule has 3 heterocycles. The number of benzene rings is 1. The van der Waals surface area contributed by atoms with Gasteiger partial charge in [-0.2, -0.15) is 11.3 Å². The first-order valence-electron chi connectivity index (χ1n) is 7.55. The molecule has 0 saturated carbocycles. The van der Waals surface area contributed by atoms with Crippen molar-refractivity contribution in [2.45, 2.75) is 11.3 Å². The number of carbonyl (C=O) groups excluding carboxylic acids is 3. The standard InChI is InChI=1S/C17H14N2O3S2/c20-15-13(9-24-14(7-18-15)10-5-6-23-8-10)19-16(21)11-3-1-2-4-12(11)17(19)22/h1-6,8,13-14H,7,9H2,(H,18,20)/t13-,14?/m0/s1. The van der Waals surface area contributed by atoms with Crippen LogP contribution in [0.5, 0.6) is 0 Å². The molecule has 2 aromatic rings. The Morgan fingerprint density at radius 2 is 1.75 bits per heavy atom. The summed E-state index contributed by atoms with van der Waals surface area (Å²) < 4.78 is 0. The highest BCUT2D eigenvalue weighted by Gasteiger charge is 2.43. The zero-order valence-corrected chi connectivity index (χ0v) is 14.2. The smallest absolute Gasteiger partial charge is 0.262 e. The van der Waals surface area contributed by atoms with Gasteiger partial charge in [0.05, 0.1) is 11.1 Å². The predicted octanol–water partition coefficient (Wildman–Crippen LogP) is 2.32. The number of imide groups is 1. The van der Waals surface area contributed by atoms with Crippen molar-refractivity contribution in [2.75, 3.05) is 12.3 Å². The normalized spacial score (nSPS) is 23.8. The SMILES string of the molecule is O=C1NCC(c2ccsc2)SC[C@@H]1N1C(=O)c2ccccc2C1=O. The van der Waals surface area contributed by atoms with Crippen LogP contribution in [0.15, 0.2) is 41.1 Å². The summed E-state index contributed by atoms with van der Waals surface area (Å²) in [7, 11) is 0. The zero-order valence-electron chi connectivity index (χ0n) is 12.6. The Balaban J connectivity index is 1.59. The first kappa shape index (κ1) is 15.4. The third-order valence-corrected chi connectivity index (χ3v) is 6.32. The number of nitrogens with zero attached hydrogens (tertiary/aromatic N) is 1. The molecule has 1 fully saturated rings. The fraction of sp³-hybridized carbons (Fsp3) is 0.235. The number of hydrogen-bond donors (Lipinski definition) is 1. The summed E-state index contributed by atoms with van der Waals surface area (Å²) in [6.07, 6.45) is 0. The Bertz CT molecular complexity index is 784. The topological polar surface area (TPSA) is 66.5 Å². The van der Waals surface area contributed by atoms with Gasteiger partial charge in [-0.05, 0) is 34.5 Å². The van der Waals surface area contributed by atoms with Crippen molar-refractivity contribution < 1.29 is 14.4 Å². The molecule has 3 amide bonds. The molecule has 0 spiro atoms. The zero-order chi connectivity index (χ0) is 16.7. The van der Waals surface area contributed by atoms with Crippen molar-refractivity contribution in [1.82, 2.24) is 10.2 Å². The molecule has 2 aliphatic heterocycles. The lowest BCUT2D eigenvalue weighted by Gasteiger charge is -2.23. The maximum Gasteiger partial charge on any atom is 0.262 e. The van der Waals surface area contributed by atoms with E-state index < -0.39 is 6.04 Å². The second-order valence-electron chi connectivity index (χ2n) is 5.67. The van der Waals surface area contributed by atoms with Crippen molar-refractivity contribution in [2.24, 2.45) is 0 Å². The molecule has 0 radical (unpaired) electrons. The molecule has 2 atom stereocenters. The van der Waals surface area contributed by atoms with E-state index in [9.17, 15) is 14.4 Å². The second kappa shape index (κ2) is 6.07. The number of carbonyl (C=O) groups is 3. The van der Waals surface area contributed by atoms with Gasteiger partial charge in [0.2, 0.25) is 5.91 Å². The quantitative estimate of drug-likeness (QED) is 0.837. The minimum absolute atomic E-state index is 0.139. The van der Waals surface area contributed by atoms with Crippen molar-refractivity contribution in [3.05, 3.63) is 57.8 Å². The Labute approximate surface area is 147 Å². The molecule has 24 heavy (non-hydrogen) atoms. The summed E-state index contributed by atoms with van der Waals surface area (Å²) in [6.45, 7) is 0.500. The Kier molecular flexibility index (Phi) is 3.90. The number of amides is 3. The van der Waals surface area contributed by atoms with Crippen LogP contribution in [0.2, 0.25) is 0 Å². The van der Waals surface area contributed by atoms with Gasteiger partial charge in [-0.3, -0.25) is 19.3 Å². The van der Waals surface area contributed by atoms with Crippen LogP contribution in [0, 0.1) is 0 Å². The molecule has 1 saturated heterocycles. The minimum Gasteiger partial charge on any atom is -0.353 e. The molecule has 0 bridgehead atoms. The van der Waals surface area contributed by atoms with E-state index in [1.165, 1.54) is 0 Å². The summed E-state index contributed by atoms with van der Waals surface area (Å²) in [4.78, 5) is 38.8. The maximum absolute atomic E-state index is 12.6. The van der Waals surface area contributed by atoms with Crippen LogP contribution in [0.3, 0.4) is 0 Å². The lowest BCUT2D eigenvalue weighted by Crippen LogP contribution is -2.50. The van der Waals surface area contributed by atoms with E-state index in [0.29, 0.717) is 23.4 Å². The number of hydrogen-bond acceptors (Lipinski definition) is 5. The lowest BCUT2D eigenvalue weighted by atomic mass is 10.1. The van der Waals surface area contributed by atoms with Crippen LogP contribution >= 0.6 is 23.1 Å². The van der Waals surface area contributed by atoms with E-state index in [4.69, 9.17) is 0 Å². The van der Waals surface area contributed by atoms with Gasteiger partial charge in [-0.1, -0.05) is 12.1 Å². The van der Waals surface area contributed by atoms with Gasteiger partial charge in [-0.25, -0.2) is 0 Å². The van der Waals surface area contributed by atoms with Gasteiger partial charge in [0.15, 0.2) is 0 Å². The first-order valence-corrected chi connectivity index (χ1v) is 9.54. The van der Waals surface area contributed by atoms with Gasteiger partial charge in [0.25, 0.3) is 11.8 Å². The molecule has 1 aromatic carbocycles. The van der Waals surface area contributed by atoms with Crippen LogP contribution in [0.1, 0.15) is 31.5 Å². The highest BCUT2D eigenvalue weighted by atomic mass is 32.2. The van der Waals surface area contributed by atoms with E-state index in [-0.39, 0.29) is 23.0 Å². The molecule has 1 unspecified atom stereocenters. The monoisotopic (exact) mass is 358 g/mol. The molecule has 5 nitrogen and oxygen atoms in total. The predicted molar refractivity (Wildman–Crippen MR) is 93.3 cm³/mol. The van der Waals surface area contributed by atoms with Gasteiger partial charge < -0.3 is 5.32 Å². The van der Waals surface area contributed by atoms with Crippen molar-refractivity contribution >= 4 is 40.8 Å². The van der Waals surface area contributed by atoms with E-state index >= 15 is 0 Å². The van der Waals surface area contributed by atoms with E-state index in [1.54, 1.807) is 47.4 Å². The maximum atomic E-state index is 12.6. The Morgan fingerprint density at radius 3 is 2.38 bits per heavy atom. The molecule has 122 valence electrons. The van der Waals surface area contributed by atoms with Crippen molar-refractivity contribution in [3.8, 4) is 0 Å². The highest BCUT2D eigenvalue weighted by molar-refractivity contribution is 7.99. The summed E-state index contributed by atoms with van der Waals surface area (Å²) in [5.41, 5.74) is 1.91. The van der Waals surface area contributed by atoms with Crippen LogP contribution in [-0.2, 0) is 4.79 Å². The van der Waals surface area contributed by atoms with E-state index in [2.05, 4.69) is 10.7 Å². The largest absolute Gasteiger partial charge is 0.353 e. The Hall–Kier alpha value is -2.12. The van der Waals surface area contributed by atoms with E-state index in [0.717, 1.165) is 10.5 Å². The summed E-state index contributed by atoms with van der Waals surface area (Å²) >= 11 is 3.22. The third-order valence-electron chi connectivity index (χ3n) is 4.27. The number of nitrogens with one attached hydrogen (secondary N) is 1. The third kappa shape index (κ3) is 2.44.